The van der Waals surface area contributed by atoms with E-state index < -0.39 is 0 Å². The number of nitrogens with zero attached hydrogens (tertiary/aromatic N) is 2. The van der Waals surface area contributed by atoms with Crippen LogP contribution in [0.1, 0.15) is 33.4 Å². The Morgan fingerprint density at radius 3 is 1.42 bits per heavy atom. The number of aliphatic imine (C=N–C) groups is 2. The van der Waals surface area contributed by atoms with E-state index in [2.05, 4.69) is 129 Å². The van der Waals surface area contributed by atoms with Gasteiger partial charge in [0.1, 0.15) is 0 Å². The van der Waals surface area contributed by atoms with Gasteiger partial charge < -0.3 is 0 Å². The van der Waals surface area contributed by atoms with Crippen molar-refractivity contribution in [2.45, 2.75) is 27.7 Å². The molecule has 0 spiro atoms. The van der Waals surface area contributed by atoms with Gasteiger partial charge in [-0.05, 0) is 56.3 Å². The molecule has 0 fully saturated rings. The average molecular weight is 607 g/mol. The Labute approximate surface area is 215 Å². The van der Waals surface area contributed by atoms with E-state index in [-0.39, 0.29) is 0 Å². The first-order valence-corrected chi connectivity index (χ1v) is 15.5. The molecule has 0 saturated carbocycles. The molecule has 0 saturated heterocycles. The minimum absolute atomic E-state index is 0.953. The van der Waals surface area contributed by atoms with Crippen LogP contribution in [0.2, 0.25) is 0 Å². The zero-order valence-electron chi connectivity index (χ0n) is 18.9. The summed E-state index contributed by atoms with van der Waals surface area (Å²) in [7, 11) is 1.25. The standard InChI is InChI=1S/C28H24N2.2BrH.Ni/c1-17-11-13-24(19(3)15-17)29-27-22-9-5-7-21-8-6-10-23(26(21)22)28(27)30-25-14-12-18(2)16-20(25)4;;;/h5-16H,1-4H3;2*1H;/q;;;+2/p-2. The van der Waals surface area contributed by atoms with Crippen molar-refractivity contribution in [3.8, 4) is 0 Å². The van der Waals surface area contributed by atoms with Crippen molar-refractivity contribution in [2.75, 3.05) is 0 Å². The van der Waals surface area contributed by atoms with Gasteiger partial charge in [0.15, 0.2) is 0 Å². The van der Waals surface area contributed by atoms with Crippen LogP contribution in [0.25, 0.3) is 10.8 Å². The third-order valence-corrected chi connectivity index (χ3v) is 5.81. The molecule has 0 unspecified atom stereocenters. The number of benzene rings is 4. The van der Waals surface area contributed by atoms with Crippen LogP contribution < -0.4 is 0 Å². The van der Waals surface area contributed by atoms with Gasteiger partial charge in [0.05, 0.1) is 22.8 Å². The molecule has 5 rings (SSSR count). The monoisotopic (exact) mass is 604 g/mol. The van der Waals surface area contributed by atoms with E-state index in [0.717, 1.165) is 33.9 Å². The fourth-order valence-electron chi connectivity index (χ4n) is 4.32. The first kappa shape index (κ1) is 24.1. The Balaban J connectivity index is 0.000000821. The number of halogens is 2. The molecule has 5 heteroatoms. The van der Waals surface area contributed by atoms with E-state index in [4.69, 9.17) is 9.98 Å². The molecule has 1 aliphatic carbocycles. The van der Waals surface area contributed by atoms with Crippen LogP contribution in [0, 0.1) is 27.7 Å². The van der Waals surface area contributed by atoms with E-state index >= 15 is 0 Å². The summed E-state index contributed by atoms with van der Waals surface area (Å²) in [6.07, 6.45) is 0. The summed E-state index contributed by atoms with van der Waals surface area (Å²) in [4.78, 5) is 10.3. The SMILES string of the molecule is Cc1ccc(N=C2C(=Nc3ccc(C)cc3C)c3cccc4cccc2c34)c(C)c1.[Br][Ni][Br]. The Hall–Kier alpha value is -2.07. The average Bonchev–Trinajstić information content (AvgIpc) is 3.07. The summed E-state index contributed by atoms with van der Waals surface area (Å²) in [5.41, 5.74) is 11.1. The van der Waals surface area contributed by atoms with Crippen molar-refractivity contribution < 1.29 is 10.9 Å². The van der Waals surface area contributed by atoms with Crippen molar-refractivity contribution in [1.29, 1.82) is 0 Å². The van der Waals surface area contributed by atoms with Gasteiger partial charge in [-0.1, -0.05) is 71.8 Å². The van der Waals surface area contributed by atoms with Crippen molar-refractivity contribution >= 4 is 62.0 Å². The van der Waals surface area contributed by atoms with Crippen LogP contribution in [0.4, 0.5) is 11.4 Å². The van der Waals surface area contributed by atoms with Crippen molar-refractivity contribution in [2.24, 2.45) is 9.98 Å². The van der Waals surface area contributed by atoms with E-state index in [1.54, 1.807) is 0 Å². The van der Waals surface area contributed by atoms with E-state index in [9.17, 15) is 0 Å². The first-order valence-electron chi connectivity index (χ1n) is 10.6. The first-order chi connectivity index (χ1) is 15.9. The van der Waals surface area contributed by atoms with Gasteiger partial charge in [-0.25, -0.2) is 9.98 Å². The molecule has 0 bridgehead atoms. The molecule has 33 heavy (non-hydrogen) atoms. The molecule has 4 aromatic carbocycles. The fraction of sp³-hybridized carbons (Fsp3) is 0.143. The molecule has 0 aliphatic heterocycles. The predicted molar refractivity (Wildman–Crippen MR) is 146 cm³/mol. The zero-order chi connectivity index (χ0) is 23.5. The topological polar surface area (TPSA) is 24.7 Å². The van der Waals surface area contributed by atoms with Crippen LogP contribution in [0.5, 0.6) is 0 Å². The second kappa shape index (κ2) is 10.5. The number of hydrogen-bond acceptors (Lipinski definition) is 2. The minimum atomic E-state index is 0.953. The van der Waals surface area contributed by atoms with Gasteiger partial charge in [0.25, 0.3) is 0 Å². The second-order valence-electron chi connectivity index (χ2n) is 8.26. The maximum atomic E-state index is 5.15. The normalized spacial score (nSPS) is 14.7. The summed E-state index contributed by atoms with van der Waals surface area (Å²) in [6, 6.07) is 25.7. The van der Waals surface area contributed by atoms with Gasteiger partial charge >= 0.3 is 39.3 Å². The molecular weight excluding hydrogens is 583 g/mol. The summed E-state index contributed by atoms with van der Waals surface area (Å²) in [5, 5.41) is 2.47. The second-order valence-corrected chi connectivity index (χ2v) is 13.2. The molecule has 170 valence electrons. The van der Waals surface area contributed by atoms with Crippen LogP contribution in [0.3, 0.4) is 0 Å². The third kappa shape index (κ3) is 5.06. The van der Waals surface area contributed by atoms with Crippen LogP contribution in [0.15, 0.2) is 82.8 Å². The molecule has 0 amide bonds. The van der Waals surface area contributed by atoms with Crippen molar-refractivity contribution in [1.82, 2.24) is 0 Å². The summed E-state index contributed by atoms with van der Waals surface area (Å²) in [5.74, 6) is 0. The van der Waals surface area contributed by atoms with Gasteiger partial charge in [-0.15, -0.1) is 0 Å². The van der Waals surface area contributed by atoms with Crippen molar-refractivity contribution in [3.63, 3.8) is 0 Å². The molecule has 0 N–H and O–H groups in total. The van der Waals surface area contributed by atoms with Crippen molar-refractivity contribution in [3.05, 3.63) is 106 Å². The molecule has 0 atom stereocenters. The van der Waals surface area contributed by atoms with Crippen LogP contribution in [-0.2, 0) is 10.9 Å². The summed E-state index contributed by atoms with van der Waals surface area (Å²) < 4.78 is 0. The quantitative estimate of drug-likeness (QED) is 0.203. The molecule has 0 heterocycles. The van der Waals surface area contributed by atoms with Crippen LogP contribution in [-0.4, -0.2) is 11.4 Å². The summed E-state index contributed by atoms with van der Waals surface area (Å²) >= 11 is 6.00. The summed E-state index contributed by atoms with van der Waals surface area (Å²) in [6.45, 7) is 8.47. The number of hydrogen-bond donors (Lipinski definition) is 0. The molecule has 2 nitrogen and oxygen atoms in total. The van der Waals surface area contributed by atoms with Crippen LogP contribution >= 0.6 is 28.5 Å². The van der Waals surface area contributed by atoms with E-state index in [1.165, 1.54) is 43.9 Å². The molecule has 1 aliphatic rings. The maximum absolute atomic E-state index is 5.15. The molecule has 4 aromatic rings. The van der Waals surface area contributed by atoms with Gasteiger partial charge in [-0.2, -0.15) is 0 Å². The van der Waals surface area contributed by atoms with E-state index in [0.29, 0.717) is 0 Å². The Kier molecular flexibility index (Phi) is 7.63. The molecule has 0 radical (unpaired) electrons. The van der Waals surface area contributed by atoms with Gasteiger partial charge in [0.2, 0.25) is 0 Å². The zero-order valence-corrected chi connectivity index (χ0v) is 23.1. The Bertz CT molecular complexity index is 1300. The molecular formula is C28H24Br2N2Ni. The predicted octanol–water partition coefficient (Wildman–Crippen LogP) is 9.02. The fourth-order valence-corrected chi connectivity index (χ4v) is 4.32. The Morgan fingerprint density at radius 1 is 0.606 bits per heavy atom. The van der Waals surface area contributed by atoms with Gasteiger partial charge in [-0.3, -0.25) is 0 Å². The Morgan fingerprint density at radius 2 is 1.03 bits per heavy atom. The number of rotatable bonds is 2. The van der Waals surface area contributed by atoms with Gasteiger partial charge in [0, 0.05) is 16.5 Å². The molecule has 0 aromatic heterocycles. The number of aryl methyl sites for hydroxylation is 4. The van der Waals surface area contributed by atoms with E-state index in [1.807, 2.05) is 0 Å². The third-order valence-electron chi connectivity index (χ3n) is 5.81.